The Morgan fingerprint density at radius 2 is 2.17 bits per heavy atom. The summed E-state index contributed by atoms with van der Waals surface area (Å²) >= 11 is 1.14. The van der Waals surface area contributed by atoms with Gasteiger partial charge in [-0.1, -0.05) is 13.3 Å². The van der Waals surface area contributed by atoms with E-state index in [1.54, 1.807) is 6.92 Å². The normalized spacial score (nSPS) is 13.3. The first kappa shape index (κ1) is 16.8. The lowest BCUT2D eigenvalue weighted by molar-refractivity contribution is -0.120. The van der Waals surface area contributed by atoms with Gasteiger partial charge in [0.15, 0.2) is 5.13 Å². The topological polar surface area (TPSA) is 111 Å². The first-order valence-electron chi connectivity index (χ1n) is 5.22. The van der Waals surface area contributed by atoms with Gasteiger partial charge in [0.2, 0.25) is 5.91 Å². The molecule has 0 radical (unpaired) electrons. The van der Waals surface area contributed by atoms with Gasteiger partial charge in [0.05, 0.1) is 5.54 Å². The van der Waals surface area contributed by atoms with Gasteiger partial charge >= 0.3 is 0 Å². The molecule has 2 amide bonds. The van der Waals surface area contributed by atoms with Crippen molar-refractivity contribution in [3.05, 3.63) is 11.1 Å². The Balaban J connectivity index is 0.00000289. The minimum absolute atomic E-state index is 0. The standard InChI is InChI=1S/C10H16N4O2S.ClH/c1-3-4-10(2,12)8(16)14-9-13-6(5-17-9)7(11)15;/h5H,3-4,12H2,1-2H3,(H2,11,15)(H,13,14,16);1H. The zero-order valence-corrected chi connectivity index (χ0v) is 11.9. The second kappa shape index (κ2) is 6.67. The number of nitrogens with zero attached hydrogens (tertiary/aromatic N) is 1. The second-order valence-electron chi connectivity index (χ2n) is 4.02. The van der Waals surface area contributed by atoms with Crippen molar-refractivity contribution in [2.45, 2.75) is 32.2 Å². The van der Waals surface area contributed by atoms with Crippen LogP contribution >= 0.6 is 23.7 Å². The fourth-order valence-corrected chi connectivity index (χ4v) is 2.01. The summed E-state index contributed by atoms with van der Waals surface area (Å²) in [5.41, 5.74) is 10.1. The van der Waals surface area contributed by atoms with Crippen molar-refractivity contribution in [3.8, 4) is 0 Å². The molecule has 1 aromatic rings. The number of thiazole rings is 1. The molecule has 1 heterocycles. The molecule has 1 atom stereocenters. The fourth-order valence-electron chi connectivity index (χ4n) is 1.32. The van der Waals surface area contributed by atoms with Crippen LogP contribution in [-0.4, -0.2) is 22.3 Å². The monoisotopic (exact) mass is 292 g/mol. The maximum Gasteiger partial charge on any atom is 0.268 e. The summed E-state index contributed by atoms with van der Waals surface area (Å²) in [4.78, 5) is 26.5. The Morgan fingerprint density at radius 1 is 1.56 bits per heavy atom. The number of carbonyl (C=O) groups excluding carboxylic acids is 2. The van der Waals surface area contributed by atoms with Crippen LogP contribution in [0.2, 0.25) is 0 Å². The summed E-state index contributed by atoms with van der Waals surface area (Å²) in [5.74, 6) is -0.935. The highest BCUT2D eigenvalue weighted by atomic mass is 35.5. The summed E-state index contributed by atoms with van der Waals surface area (Å²) in [5, 5.41) is 4.40. The van der Waals surface area contributed by atoms with Crippen LogP contribution in [0.5, 0.6) is 0 Å². The van der Waals surface area contributed by atoms with E-state index in [0.29, 0.717) is 11.6 Å². The Bertz CT molecular complexity index is 433. The van der Waals surface area contributed by atoms with Gasteiger partial charge < -0.3 is 16.8 Å². The predicted molar refractivity (Wildman–Crippen MR) is 74.0 cm³/mol. The van der Waals surface area contributed by atoms with Crippen molar-refractivity contribution in [2.24, 2.45) is 11.5 Å². The molecule has 8 heteroatoms. The van der Waals surface area contributed by atoms with E-state index in [1.807, 2.05) is 6.92 Å². The Hall–Kier alpha value is -1.18. The van der Waals surface area contributed by atoms with Gasteiger partial charge in [-0.2, -0.15) is 0 Å². The Kier molecular flexibility index (Phi) is 6.23. The van der Waals surface area contributed by atoms with Crippen LogP contribution in [0.25, 0.3) is 0 Å². The number of nitrogens with one attached hydrogen (secondary N) is 1. The number of nitrogens with two attached hydrogens (primary N) is 2. The highest BCUT2D eigenvalue weighted by Gasteiger charge is 2.27. The molecule has 0 spiro atoms. The number of primary amides is 1. The third-order valence-electron chi connectivity index (χ3n) is 2.27. The zero-order chi connectivity index (χ0) is 13.1. The van der Waals surface area contributed by atoms with Gasteiger partial charge in [0.25, 0.3) is 5.91 Å². The first-order valence-corrected chi connectivity index (χ1v) is 6.10. The maximum atomic E-state index is 11.8. The van der Waals surface area contributed by atoms with Crippen molar-refractivity contribution in [1.82, 2.24) is 4.98 Å². The summed E-state index contributed by atoms with van der Waals surface area (Å²) in [6.07, 6.45) is 1.39. The van der Waals surface area contributed by atoms with E-state index in [4.69, 9.17) is 11.5 Å². The lowest BCUT2D eigenvalue weighted by atomic mass is 9.97. The smallest absolute Gasteiger partial charge is 0.268 e. The summed E-state index contributed by atoms with van der Waals surface area (Å²) in [6, 6.07) is 0. The molecule has 1 unspecified atom stereocenters. The minimum atomic E-state index is -0.937. The largest absolute Gasteiger partial charge is 0.364 e. The predicted octanol–water partition coefficient (Wildman–Crippen LogP) is 1.12. The van der Waals surface area contributed by atoms with Crippen LogP contribution < -0.4 is 16.8 Å². The summed E-state index contributed by atoms with van der Waals surface area (Å²) < 4.78 is 0. The van der Waals surface area contributed by atoms with Crippen molar-refractivity contribution in [3.63, 3.8) is 0 Å². The third kappa shape index (κ3) is 4.25. The molecule has 0 bridgehead atoms. The number of carbonyl (C=O) groups is 2. The van der Waals surface area contributed by atoms with Gasteiger partial charge in [-0.3, -0.25) is 9.59 Å². The molecule has 0 saturated heterocycles. The van der Waals surface area contributed by atoms with E-state index >= 15 is 0 Å². The number of aromatic nitrogens is 1. The second-order valence-corrected chi connectivity index (χ2v) is 4.88. The van der Waals surface area contributed by atoms with E-state index < -0.39 is 11.4 Å². The molecule has 0 aliphatic heterocycles. The van der Waals surface area contributed by atoms with Crippen LogP contribution in [0.1, 0.15) is 37.2 Å². The molecule has 0 aliphatic rings. The first-order chi connectivity index (χ1) is 7.86. The Labute approximate surface area is 116 Å². The quantitative estimate of drug-likeness (QED) is 0.755. The molecule has 0 fully saturated rings. The van der Waals surface area contributed by atoms with Crippen LogP contribution in [0, 0.1) is 0 Å². The van der Waals surface area contributed by atoms with E-state index in [9.17, 15) is 9.59 Å². The van der Waals surface area contributed by atoms with Crippen LogP contribution in [-0.2, 0) is 4.79 Å². The van der Waals surface area contributed by atoms with Gasteiger partial charge in [-0.05, 0) is 13.3 Å². The van der Waals surface area contributed by atoms with Gasteiger partial charge in [-0.15, -0.1) is 23.7 Å². The molecule has 0 saturated carbocycles. The van der Waals surface area contributed by atoms with Gasteiger partial charge in [0.1, 0.15) is 5.69 Å². The van der Waals surface area contributed by atoms with E-state index in [-0.39, 0.29) is 24.0 Å². The van der Waals surface area contributed by atoms with E-state index in [0.717, 1.165) is 17.8 Å². The SMILES string of the molecule is CCCC(C)(N)C(=O)Nc1nc(C(N)=O)cs1.Cl. The molecule has 1 rings (SSSR count). The van der Waals surface area contributed by atoms with E-state index in [1.165, 1.54) is 5.38 Å². The zero-order valence-electron chi connectivity index (χ0n) is 10.2. The molecule has 102 valence electrons. The highest BCUT2D eigenvalue weighted by molar-refractivity contribution is 7.14. The van der Waals surface area contributed by atoms with Crippen molar-refractivity contribution in [2.75, 3.05) is 5.32 Å². The number of halogens is 1. The minimum Gasteiger partial charge on any atom is -0.364 e. The summed E-state index contributed by atoms with van der Waals surface area (Å²) in [6.45, 7) is 3.61. The number of rotatable bonds is 5. The molecular formula is C10H17ClN4O2S. The lowest BCUT2D eigenvalue weighted by Crippen LogP contribution is -2.48. The van der Waals surface area contributed by atoms with Crippen LogP contribution in [0.15, 0.2) is 5.38 Å². The molecule has 0 aromatic carbocycles. The number of amides is 2. The van der Waals surface area contributed by atoms with Crippen molar-refractivity contribution >= 4 is 40.7 Å². The average molecular weight is 293 g/mol. The number of hydrogen-bond acceptors (Lipinski definition) is 5. The summed E-state index contributed by atoms with van der Waals surface area (Å²) in [7, 11) is 0. The third-order valence-corrected chi connectivity index (χ3v) is 3.02. The fraction of sp³-hybridized carbons (Fsp3) is 0.500. The molecule has 6 nitrogen and oxygen atoms in total. The van der Waals surface area contributed by atoms with Crippen LogP contribution in [0.3, 0.4) is 0 Å². The Morgan fingerprint density at radius 3 is 2.61 bits per heavy atom. The van der Waals surface area contributed by atoms with Crippen molar-refractivity contribution in [1.29, 1.82) is 0 Å². The number of hydrogen-bond donors (Lipinski definition) is 3. The molecule has 0 aliphatic carbocycles. The highest BCUT2D eigenvalue weighted by Crippen LogP contribution is 2.18. The molecule has 5 N–H and O–H groups in total. The molecule has 18 heavy (non-hydrogen) atoms. The van der Waals surface area contributed by atoms with Crippen LogP contribution in [0.4, 0.5) is 5.13 Å². The van der Waals surface area contributed by atoms with Gasteiger partial charge in [-0.25, -0.2) is 4.98 Å². The van der Waals surface area contributed by atoms with E-state index in [2.05, 4.69) is 10.3 Å². The lowest BCUT2D eigenvalue weighted by Gasteiger charge is -2.21. The molecular weight excluding hydrogens is 276 g/mol. The number of anilines is 1. The average Bonchev–Trinajstić information content (AvgIpc) is 2.66. The van der Waals surface area contributed by atoms with Gasteiger partial charge in [0, 0.05) is 5.38 Å². The molecule has 1 aromatic heterocycles. The van der Waals surface area contributed by atoms with Crippen molar-refractivity contribution < 1.29 is 9.59 Å². The maximum absolute atomic E-state index is 11.8.